The predicted molar refractivity (Wildman–Crippen MR) is 89.2 cm³/mol. The minimum atomic E-state index is -4.32. The van der Waals surface area contributed by atoms with Crippen molar-refractivity contribution in [3.8, 4) is 5.75 Å². The highest BCUT2D eigenvalue weighted by atomic mass is 19.4. The molecule has 0 radical (unpaired) electrons. The van der Waals surface area contributed by atoms with Gasteiger partial charge in [-0.3, -0.25) is 0 Å². The first-order valence-electron chi connectivity index (χ1n) is 8.33. The Bertz CT molecular complexity index is 680. The first-order valence-corrected chi connectivity index (χ1v) is 8.33. The van der Waals surface area contributed by atoms with Gasteiger partial charge in [0.15, 0.2) is 0 Å². The van der Waals surface area contributed by atoms with Crippen LogP contribution in [0.3, 0.4) is 0 Å². The van der Waals surface area contributed by atoms with E-state index in [4.69, 9.17) is 13.9 Å². The first-order chi connectivity index (χ1) is 12.4. The van der Waals surface area contributed by atoms with Crippen LogP contribution in [0, 0.1) is 0 Å². The van der Waals surface area contributed by atoms with Crippen LogP contribution in [-0.2, 0) is 4.74 Å². The Labute approximate surface area is 149 Å². The molecule has 0 spiro atoms. The van der Waals surface area contributed by atoms with E-state index in [1.807, 2.05) is 0 Å². The van der Waals surface area contributed by atoms with Gasteiger partial charge in [-0.15, -0.1) is 0 Å². The van der Waals surface area contributed by atoms with Crippen LogP contribution >= 0.6 is 0 Å². The van der Waals surface area contributed by atoms with Crippen molar-refractivity contribution in [3.05, 3.63) is 54.0 Å². The highest BCUT2D eigenvalue weighted by Crippen LogP contribution is 2.39. The highest BCUT2D eigenvalue weighted by molar-refractivity contribution is 5.86. The lowest BCUT2D eigenvalue weighted by molar-refractivity contribution is -0.152. The molecule has 7 heteroatoms. The maximum Gasteiger partial charge on any atom is 0.395 e. The summed E-state index contributed by atoms with van der Waals surface area (Å²) in [5.74, 6) is -1.59. The highest BCUT2D eigenvalue weighted by Gasteiger charge is 2.40. The maximum atomic E-state index is 13.4. The molecular formula is C19H21F3O4. The number of ether oxygens (including phenoxy) is 2. The van der Waals surface area contributed by atoms with Gasteiger partial charge in [0.1, 0.15) is 5.75 Å². The zero-order valence-electron chi connectivity index (χ0n) is 14.4. The predicted octanol–water partition coefficient (Wildman–Crippen LogP) is 5.35. The van der Waals surface area contributed by atoms with E-state index in [1.165, 1.54) is 31.6 Å². The summed E-state index contributed by atoms with van der Waals surface area (Å²) in [7, 11) is 1.42. The Morgan fingerprint density at radius 1 is 1.15 bits per heavy atom. The zero-order chi connectivity index (χ0) is 19.0. The van der Waals surface area contributed by atoms with Crippen molar-refractivity contribution in [1.82, 2.24) is 0 Å². The normalized spacial score (nSPS) is 12.6. The van der Waals surface area contributed by atoms with E-state index in [1.54, 1.807) is 18.2 Å². The molecule has 1 aromatic heterocycles. The molecule has 0 saturated heterocycles. The fraction of sp³-hybridized carbons (Fsp3) is 0.421. The van der Waals surface area contributed by atoms with Crippen LogP contribution in [0.15, 0.2) is 47.1 Å². The molecule has 2 aromatic rings. The molecule has 0 unspecified atom stereocenters. The van der Waals surface area contributed by atoms with Gasteiger partial charge in [0.25, 0.3) is 0 Å². The standard InChI is InChI=1S/C19H21F3O4/c1-24-15-8-5-7-14(13-15)16(19(20,21)22)9-3-2-4-11-26-18(23)17-10-6-12-25-17/h5-8,10,12-13,16H,2-4,9,11H2,1H3/t16-/m1/s1. The third-order valence-corrected chi connectivity index (χ3v) is 3.98. The first kappa shape index (κ1) is 19.9. The smallest absolute Gasteiger partial charge is 0.395 e. The lowest BCUT2D eigenvalue weighted by atomic mass is 9.92. The van der Waals surface area contributed by atoms with Crippen molar-refractivity contribution in [2.45, 2.75) is 37.8 Å². The lowest BCUT2D eigenvalue weighted by Gasteiger charge is -2.21. The maximum absolute atomic E-state index is 13.4. The summed E-state index contributed by atoms with van der Waals surface area (Å²) in [5.41, 5.74) is 0.195. The van der Waals surface area contributed by atoms with Gasteiger partial charge in [0.2, 0.25) is 5.76 Å². The molecule has 0 aliphatic heterocycles. The molecule has 0 saturated carbocycles. The van der Waals surface area contributed by atoms with Gasteiger partial charge >= 0.3 is 12.1 Å². The number of furan rings is 1. The average molecular weight is 370 g/mol. The molecular weight excluding hydrogens is 349 g/mol. The zero-order valence-corrected chi connectivity index (χ0v) is 14.4. The van der Waals surface area contributed by atoms with Crippen molar-refractivity contribution in [2.75, 3.05) is 13.7 Å². The fourth-order valence-corrected chi connectivity index (χ4v) is 2.64. The number of unbranched alkanes of at least 4 members (excludes halogenated alkanes) is 2. The molecule has 0 aliphatic carbocycles. The van der Waals surface area contributed by atoms with Crippen molar-refractivity contribution in [3.63, 3.8) is 0 Å². The third-order valence-electron chi connectivity index (χ3n) is 3.98. The second-order valence-electron chi connectivity index (χ2n) is 5.83. The number of benzene rings is 1. The number of rotatable bonds is 9. The molecule has 4 nitrogen and oxygen atoms in total. The minimum absolute atomic E-state index is 0.0250. The molecule has 0 amide bonds. The van der Waals surface area contributed by atoms with E-state index in [9.17, 15) is 18.0 Å². The molecule has 1 atom stereocenters. The number of esters is 1. The molecule has 142 valence electrons. The van der Waals surface area contributed by atoms with E-state index in [-0.39, 0.29) is 24.4 Å². The van der Waals surface area contributed by atoms with Gasteiger partial charge in [0.05, 0.1) is 25.9 Å². The number of carbonyl (C=O) groups excluding carboxylic acids is 1. The summed E-state index contributed by atoms with van der Waals surface area (Å²) in [4.78, 5) is 11.5. The van der Waals surface area contributed by atoms with Crippen LogP contribution < -0.4 is 4.74 Å². The summed E-state index contributed by atoms with van der Waals surface area (Å²) in [6, 6.07) is 9.12. The molecule has 0 aliphatic rings. The second-order valence-corrected chi connectivity index (χ2v) is 5.83. The number of carbonyl (C=O) groups is 1. The van der Waals surface area contributed by atoms with Crippen LogP contribution in [0.1, 0.15) is 47.7 Å². The van der Waals surface area contributed by atoms with Crippen LogP contribution in [0.5, 0.6) is 5.75 Å². The van der Waals surface area contributed by atoms with Crippen molar-refractivity contribution in [2.24, 2.45) is 0 Å². The third kappa shape index (κ3) is 5.82. The molecule has 1 aromatic carbocycles. The summed E-state index contributed by atoms with van der Waals surface area (Å²) < 4.78 is 55.0. The summed E-state index contributed by atoms with van der Waals surface area (Å²) in [6.07, 6.45) is -1.58. The van der Waals surface area contributed by atoms with E-state index in [0.29, 0.717) is 25.0 Å². The van der Waals surface area contributed by atoms with Crippen molar-refractivity contribution in [1.29, 1.82) is 0 Å². The summed E-state index contributed by atoms with van der Waals surface area (Å²) in [5, 5.41) is 0. The fourth-order valence-electron chi connectivity index (χ4n) is 2.64. The minimum Gasteiger partial charge on any atom is -0.497 e. The van der Waals surface area contributed by atoms with Gasteiger partial charge in [-0.2, -0.15) is 13.2 Å². The van der Waals surface area contributed by atoms with E-state index in [0.717, 1.165) is 0 Å². The SMILES string of the molecule is COc1cccc([C@@H](CCCCCOC(=O)c2ccco2)C(F)(F)F)c1. The Morgan fingerprint density at radius 3 is 2.62 bits per heavy atom. The largest absolute Gasteiger partial charge is 0.497 e. The molecule has 0 fully saturated rings. The molecule has 1 heterocycles. The van der Waals surface area contributed by atoms with Crippen LogP contribution in [0.25, 0.3) is 0 Å². The topological polar surface area (TPSA) is 48.7 Å². The number of halogens is 3. The van der Waals surface area contributed by atoms with Crippen LogP contribution in [0.4, 0.5) is 13.2 Å². The Balaban J connectivity index is 1.78. The molecule has 0 N–H and O–H groups in total. The quantitative estimate of drug-likeness (QED) is 0.441. The number of methoxy groups -OCH3 is 1. The lowest BCUT2D eigenvalue weighted by Crippen LogP contribution is -2.21. The summed E-state index contributed by atoms with van der Waals surface area (Å²) >= 11 is 0. The van der Waals surface area contributed by atoms with Gasteiger partial charge < -0.3 is 13.9 Å². The monoisotopic (exact) mass is 370 g/mol. The Morgan fingerprint density at radius 2 is 1.96 bits per heavy atom. The Kier molecular flexibility index (Phi) is 7.12. The second kappa shape index (κ2) is 9.31. The van der Waals surface area contributed by atoms with E-state index >= 15 is 0 Å². The van der Waals surface area contributed by atoms with Gasteiger partial charge in [0, 0.05) is 0 Å². The number of hydrogen-bond donors (Lipinski definition) is 0. The van der Waals surface area contributed by atoms with Gasteiger partial charge in [-0.05, 0) is 42.7 Å². The number of alkyl halides is 3. The molecule has 0 bridgehead atoms. The van der Waals surface area contributed by atoms with E-state index in [2.05, 4.69) is 0 Å². The van der Waals surface area contributed by atoms with E-state index < -0.39 is 18.1 Å². The van der Waals surface area contributed by atoms with Crippen molar-refractivity contribution >= 4 is 5.97 Å². The van der Waals surface area contributed by atoms with Crippen LogP contribution in [-0.4, -0.2) is 25.9 Å². The van der Waals surface area contributed by atoms with Gasteiger partial charge in [-0.1, -0.05) is 25.0 Å². The van der Waals surface area contributed by atoms with Gasteiger partial charge in [-0.25, -0.2) is 4.79 Å². The molecule has 26 heavy (non-hydrogen) atoms. The van der Waals surface area contributed by atoms with Crippen molar-refractivity contribution < 1.29 is 31.9 Å². The molecule has 2 rings (SSSR count). The average Bonchev–Trinajstić information content (AvgIpc) is 3.14. The number of hydrogen-bond acceptors (Lipinski definition) is 4. The summed E-state index contributed by atoms with van der Waals surface area (Å²) in [6.45, 7) is 0.148. The Hall–Kier alpha value is -2.44. The van der Waals surface area contributed by atoms with Crippen LogP contribution in [0.2, 0.25) is 0 Å².